The van der Waals surface area contributed by atoms with Crippen molar-refractivity contribution in [2.24, 2.45) is 7.05 Å². The Morgan fingerprint density at radius 2 is 1.04 bits per heavy atom. The Morgan fingerprint density at radius 3 is 1.78 bits per heavy atom. The minimum atomic E-state index is 0.767. The topological polar surface area (TPSA) is 159 Å². The van der Waals surface area contributed by atoms with E-state index in [2.05, 4.69) is 160 Å². The van der Waals surface area contributed by atoms with E-state index in [4.69, 9.17) is 4.42 Å². The number of thiazole rings is 1. The number of aromatic nitrogens is 18. The molecule has 21 rings (SSSR count). The van der Waals surface area contributed by atoms with Crippen LogP contribution in [0, 0.1) is 0 Å². The quantitative estimate of drug-likeness (QED) is 0.147. The molecule has 17 aromatic rings. The van der Waals surface area contributed by atoms with Crippen molar-refractivity contribution >= 4 is 77.3 Å². The van der Waals surface area contributed by atoms with Gasteiger partial charge >= 0.3 is 5.89 Å². The van der Waals surface area contributed by atoms with Gasteiger partial charge < -0.3 is 4.42 Å². The van der Waals surface area contributed by atoms with Gasteiger partial charge in [0.25, 0.3) is 33.4 Å². The van der Waals surface area contributed by atoms with Crippen molar-refractivity contribution in [2.45, 2.75) is 26.2 Å². The molecule has 83 heavy (non-hydrogen) atoms. The van der Waals surface area contributed by atoms with Crippen LogP contribution >= 0.6 is 11.3 Å². The van der Waals surface area contributed by atoms with Crippen molar-refractivity contribution in [1.82, 2.24) is 66.6 Å². The number of benzene rings is 1. The van der Waals surface area contributed by atoms with Gasteiger partial charge in [0, 0.05) is 86.2 Å². The number of hydrogen-bond acceptors (Lipinski definition) is 10. The minimum Gasteiger partial charge on any atom is -0.380 e. The van der Waals surface area contributed by atoms with E-state index in [0.717, 1.165) is 99.3 Å². The van der Waals surface area contributed by atoms with Crippen molar-refractivity contribution < 1.29 is 22.7 Å². The summed E-state index contributed by atoms with van der Waals surface area (Å²) in [5.41, 5.74) is 22.8. The number of imidazole rings is 2. The van der Waals surface area contributed by atoms with Crippen LogP contribution in [-0.2, 0) is 33.2 Å². The summed E-state index contributed by atoms with van der Waals surface area (Å²) >= 11 is 1.82. The van der Waals surface area contributed by atoms with Gasteiger partial charge in [-0.2, -0.15) is 9.13 Å². The summed E-state index contributed by atoms with van der Waals surface area (Å²) in [5.74, 6) is 3.30. The average Bonchev–Trinajstić information content (AvgIpc) is 4.40. The fraction of sp³-hybridized carbons (Fsp3) is 0.0794. The smallest absolute Gasteiger partial charge is 0.380 e. The third-order valence-corrected chi connectivity index (χ3v) is 17.7. The van der Waals surface area contributed by atoms with E-state index in [9.17, 15) is 0 Å². The fourth-order valence-corrected chi connectivity index (χ4v) is 14.2. The highest BCUT2D eigenvalue weighted by Gasteiger charge is 2.39. The molecule has 0 unspecified atom stereocenters. The van der Waals surface area contributed by atoms with Gasteiger partial charge in [-0.3, -0.25) is 53.1 Å². The standard InChI is InChI=1S/C20H14N5.C15H12N5.C14H9N4O.C14H9N4S/c1-2-5-14(6-3-1)25-19-16-7-4-8-22-17(16)13-24(19)18-11-15-12-21-9-10-23(15)20(18)25;1-18-14-11-3-2-4-17-12(11)9-20(14)13-7-10-8-16-5-6-19(10)15(13)18;2*1-2-10-11(16-3-1)8-18-12-6-9-7-15-4-5-17(9)14(12)19-13(10)18/h1-12H,13H2;2-8H,9H2,1H3;2*1-7H,8H2/q4*+1. The first-order valence-electron chi connectivity index (χ1n) is 27.2. The lowest BCUT2D eigenvalue weighted by Crippen LogP contribution is -2.31. The highest BCUT2D eigenvalue weighted by atomic mass is 32.1. The number of fused-ring (bicyclic) bond motifs is 28. The number of para-hydroxylation sites is 1. The van der Waals surface area contributed by atoms with Gasteiger partial charge in [0.1, 0.15) is 41.2 Å². The van der Waals surface area contributed by atoms with Gasteiger partial charge in [0.2, 0.25) is 11.3 Å². The molecule has 0 amide bonds. The molecule has 0 atom stereocenters. The molecule has 4 aliphatic heterocycles. The Balaban J connectivity index is 0.0000000851. The average molecular weight is 1100 g/mol. The molecule has 0 bridgehead atoms. The molecular weight excluding hydrogens is 1060 g/mol. The molecule has 0 radical (unpaired) electrons. The SMILES string of the molecule is C[n+]1c2n(c3cc4cnccn4c31)Cc1ncccc1-2.c1ccc(-n2c3[n+](c4cc5cnccn5c42)Cc2ncccc2-3)cc1.c1cnc2c(c1)-c1oc3c(cc4cnccn43)[n+]1C2.c1cnc2c(c1)-c1sc3c(cc4cnccn43)[n+]1C2. The summed E-state index contributed by atoms with van der Waals surface area (Å²) in [5, 5.41) is 1.30. The Bertz CT molecular complexity index is 5360. The summed E-state index contributed by atoms with van der Waals surface area (Å²) in [6, 6.07) is 35.7. The van der Waals surface area contributed by atoms with E-state index >= 15 is 0 Å². The second-order valence-electron chi connectivity index (χ2n) is 20.9. The van der Waals surface area contributed by atoms with Crippen molar-refractivity contribution in [3.8, 4) is 50.5 Å². The van der Waals surface area contributed by atoms with Gasteiger partial charge in [-0.05, 0) is 72.0 Å². The molecule has 0 aliphatic carbocycles. The van der Waals surface area contributed by atoms with Crippen LogP contribution in [0.2, 0.25) is 0 Å². The maximum absolute atomic E-state index is 6.05. The maximum Gasteiger partial charge on any atom is 0.385 e. The van der Waals surface area contributed by atoms with Crippen LogP contribution in [0.1, 0.15) is 22.8 Å². The molecule has 20 heteroatoms. The van der Waals surface area contributed by atoms with Crippen LogP contribution in [0.5, 0.6) is 0 Å². The Kier molecular flexibility index (Phi) is 9.61. The van der Waals surface area contributed by atoms with Crippen LogP contribution in [-0.4, -0.2) is 66.6 Å². The first-order chi connectivity index (χ1) is 41.1. The van der Waals surface area contributed by atoms with Crippen LogP contribution in [0.15, 0.2) is 207 Å². The zero-order valence-electron chi connectivity index (χ0n) is 44.2. The second-order valence-corrected chi connectivity index (χ2v) is 21.9. The number of pyridine rings is 4. The van der Waals surface area contributed by atoms with E-state index in [1.807, 2.05) is 139 Å². The van der Waals surface area contributed by atoms with E-state index in [-0.39, 0.29) is 0 Å². The van der Waals surface area contributed by atoms with E-state index in [1.54, 1.807) is 6.20 Å². The number of aryl methyl sites for hydroxylation is 1. The maximum atomic E-state index is 6.05. The van der Waals surface area contributed by atoms with Gasteiger partial charge in [0.15, 0.2) is 29.0 Å². The summed E-state index contributed by atoms with van der Waals surface area (Å²) in [7, 11) is 2.11. The molecule has 20 heterocycles. The summed E-state index contributed by atoms with van der Waals surface area (Å²) in [6.45, 7) is 3.28. The zero-order chi connectivity index (χ0) is 54.4. The predicted octanol–water partition coefficient (Wildman–Crippen LogP) is 8.58. The van der Waals surface area contributed by atoms with E-state index in [0.29, 0.717) is 0 Å². The molecule has 0 saturated carbocycles. The van der Waals surface area contributed by atoms with Crippen molar-refractivity contribution in [3.63, 3.8) is 0 Å². The first-order valence-corrected chi connectivity index (χ1v) is 28.0. The fourth-order valence-electron chi connectivity index (χ4n) is 12.9. The summed E-state index contributed by atoms with van der Waals surface area (Å²) in [4.78, 5) is 36.0. The zero-order valence-corrected chi connectivity index (χ0v) is 45.1. The minimum absolute atomic E-state index is 0.767. The summed E-state index contributed by atoms with van der Waals surface area (Å²) < 4.78 is 28.4. The molecule has 16 aromatic heterocycles. The Labute approximate surface area is 473 Å². The van der Waals surface area contributed by atoms with Gasteiger partial charge in [0.05, 0.1) is 88.9 Å². The second kappa shape index (κ2) is 17.4. The normalized spacial score (nSPS) is 12.9. The lowest BCUT2D eigenvalue weighted by atomic mass is 10.2. The monoisotopic (exact) mass is 1100 g/mol. The van der Waals surface area contributed by atoms with Crippen molar-refractivity contribution in [2.75, 3.05) is 0 Å². The third kappa shape index (κ3) is 6.65. The highest BCUT2D eigenvalue weighted by molar-refractivity contribution is 7.20. The molecule has 0 N–H and O–H groups in total. The van der Waals surface area contributed by atoms with E-state index < -0.39 is 0 Å². The number of nitrogens with zero attached hydrogens (tertiary/aromatic N) is 18. The lowest BCUT2D eigenvalue weighted by molar-refractivity contribution is -0.649. The van der Waals surface area contributed by atoms with E-state index in [1.165, 1.54) is 66.1 Å². The molecule has 0 fully saturated rings. The number of rotatable bonds is 1. The Hall–Kier alpha value is -11.1. The van der Waals surface area contributed by atoms with Crippen molar-refractivity contribution in [1.29, 1.82) is 0 Å². The molecular formula is C63H44N18OS+4. The molecule has 0 saturated heterocycles. The molecule has 19 nitrogen and oxygen atoms in total. The van der Waals surface area contributed by atoms with Gasteiger partial charge in [-0.25, -0.2) is 18.1 Å². The molecule has 4 aliphatic rings. The van der Waals surface area contributed by atoms with Crippen LogP contribution < -0.4 is 18.3 Å². The highest BCUT2D eigenvalue weighted by Crippen LogP contribution is 2.38. The molecule has 1 aromatic carbocycles. The van der Waals surface area contributed by atoms with Crippen molar-refractivity contribution in [3.05, 3.63) is 225 Å². The van der Waals surface area contributed by atoms with Crippen LogP contribution in [0.4, 0.5) is 0 Å². The Morgan fingerprint density at radius 1 is 0.482 bits per heavy atom. The third-order valence-electron chi connectivity index (χ3n) is 16.4. The van der Waals surface area contributed by atoms with Crippen LogP contribution in [0.25, 0.3) is 116 Å². The number of oxazole rings is 1. The lowest BCUT2D eigenvalue weighted by Gasteiger charge is -2.02. The largest absolute Gasteiger partial charge is 0.385 e. The van der Waals surface area contributed by atoms with Crippen LogP contribution in [0.3, 0.4) is 0 Å². The summed E-state index contributed by atoms with van der Waals surface area (Å²) in [6.07, 6.45) is 30.2. The number of hydrogen-bond donors (Lipinski definition) is 0. The molecule has 0 spiro atoms. The van der Waals surface area contributed by atoms with Gasteiger partial charge in [-0.1, -0.05) is 18.2 Å². The van der Waals surface area contributed by atoms with Gasteiger partial charge in [-0.15, -0.1) is 4.57 Å². The molecule has 394 valence electrons. The predicted molar refractivity (Wildman–Crippen MR) is 309 cm³/mol. The first kappa shape index (κ1) is 45.7.